The topological polar surface area (TPSA) is 30.7 Å². The summed E-state index contributed by atoms with van der Waals surface area (Å²) in [6, 6.07) is 15.7. The van der Waals surface area contributed by atoms with E-state index in [0.29, 0.717) is 6.04 Å². The van der Waals surface area contributed by atoms with Crippen LogP contribution >= 0.6 is 0 Å². The first-order valence-electron chi connectivity index (χ1n) is 6.76. The molecule has 1 saturated carbocycles. The Labute approximate surface area is 111 Å². The van der Waals surface area contributed by atoms with Gasteiger partial charge in [0.05, 0.1) is 0 Å². The first-order chi connectivity index (χ1) is 9.40. The van der Waals surface area contributed by atoms with Crippen LogP contribution in [0.5, 0.6) is 0 Å². The van der Waals surface area contributed by atoms with Gasteiger partial charge in [-0.05, 0) is 29.2 Å². The van der Waals surface area contributed by atoms with E-state index in [4.69, 9.17) is 0 Å². The van der Waals surface area contributed by atoms with Crippen LogP contribution in [0.3, 0.4) is 0 Å². The Hall–Kier alpha value is -2.16. The Morgan fingerprint density at radius 1 is 1.05 bits per heavy atom. The molecule has 0 N–H and O–H groups in total. The molecular formula is C16H15N3. The molecule has 1 aliphatic carbocycles. The lowest BCUT2D eigenvalue weighted by molar-refractivity contribution is 0.694. The van der Waals surface area contributed by atoms with Gasteiger partial charge in [0, 0.05) is 12.5 Å². The summed E-state index contributed by atoms with van der Waals surface area (Å²) in [5.74, 6) is 1.08. The molecule has 4 rings (SSSR count). The molecule has 0 atom stereocenters. The third kappa shape index (κ3) is 2.01. The summed E-state index contributed by atoms with van der Waals surface area (Å²) in [5.41, 5.74) is 1.30. The maximum absolute atomic E-state index is 4.27. The Morgan fingerprint density at radius 3 is 2.74 bits per heavy atom. The zero-order valence-corrected chi connectivity index (χ0v) is 10.7. The zero-order chi connectivity index (χ0) is 12.7. The van der Waals surface area contributed by atoms with Crippen molar-refractivity contribution in [3.63, 3.8) is 0 Å². The summed E-state index contributed by atoms with van der Waals surface area (Å²) >= 11 is 0. The largest absolute Gasteiger partial charge is 0.314 e. The van der Waals surface area contributed by atoms with Crippen LogP contribution in [0, 0.1) is 0 Å². The van der Waals surface area contributed by atoms with Crippen molar-refractivity contribution in [1.82, 2.24) is 14.8 Å². The molecule has 2 aromatic carbocycles. The number of nitrogens with zero attached hydrogens (tertiary/aromatic N) is 3. The van der Waals surface area contributed by atoms with Gasteiger partial charge < -0.3 is 4.57 Å². The van der Waals surface area contributed by atoms with Gasteiger partial charge in [0.2, 0.25) is 0 Å². The monoisotopic (exact) mass is 249 g/mol. The van der Waals surface area contributed by atoms with Gasteiger partial charge in [-0.15, -0.1) is 10.2 Å². The van der Waals surface area contributed by atoms with Crippen molar-refractivity contribution in [3.8, 4) is 0 Å². The van der Waals surface area contributed by atoms with E-state index in [1.54, 1.807) is 0 Å². The second kappa shape index (κ2) is 4.19. The first-order valence-corrected chi connectivity index (χ1v) is 6.76. The Bertz CT molecular complexity index is 725. The van der Waals surface area contributed by atoms with Gasteiger partial charge in [0.15, 0.2) is 0 Å². The molecule has 0 saturated heterocycles. The Kier molecular flexibility index (Phi) is 2.37. The van der Waals surface area contributed by atoms with E-state index in [2.05, 4.69) is 57.2 Å². The van der Waals surface area contributed by atoms with Gasteiger partial charge in [-0.2, -0.15) is 0 Å². The van der Waals surface area contributed by atoms with Crippen LogP contribution in [-0.4, -0.2) is 14.8 Å². The number of hydrogen-bond acceptors (Lipinski definition) is 2. The molecule has 0 amide bonds. The van der Waals surface area contributed by atoms with Gasteiger partial charge in [-0.1, -0.05) is 42.5 Å². The lowest BCUT2D eigenvalue weighted by Crippen LogP contribution is -2.01. The van der Waals surface area contributed by atoms with E-state index in [-0.39, 0.29) is 0 Å². The minimum Gasteiger partial charge on any atom is -0.314 e. The van der Waals surface area contributed by atoms with Crippen LogP contribution in [0.25, 0.3) is 10.8 Å². The molecular weight excluding hydrogens is 234 g/mol. The summed E-state index contributed by atoms with van der Waals surface area (Å²) in [7, 11) is 0. The van der Waals surface area contributed by atoms with Crippen LogP contribution < -0.4 is 0 Å². The SMILES string of the molecule is c1ccc2cc(Cc3nncn3C3CC3)ccc2c1. The minimum atomic E-state index is 0.644. The second-order valence-corrected chi connectivity index (χ2v) is 5.24. The van der Waals surface area contributed by atoms with E-state index >= 15 is 0 Å². The van der Waals surface area contributed by atoms with E-state index < -0.39 is 0 Å². The average molecular weight is 249 g/mol. The van der Waals surface area contributed by atoms with Crippen molar-refractivity contribution in [2.45, 2.75) is 25.3 Å². The normalized spacial score (nSPS) is 14.9. The smallest absolute Gasteiger partial charge is 0.137 e. The molecule has 1 fully saturated rings. The van der Waals surface area contributed by atoms with Gasteiger partial charge in [0.25, 0.3) is 0 Å². The molecule has 1 heterocycles. The number of aromatic nitrogens is 3. The maximum Gasteiger partial charge on any atom is 0.137 e. The van der Waals surface area contributed by atoms with Gasteiger partial charge in [-0.25, -0.2) is 0 Å². The molecule has 0 radical (unpaired) electrons. The van der Waals surface area contributed by atoms with Crippen LogP contribution in [0.1, 0.15) is 30.3 Å². The predicted octanol–water partition coefficient (Wildman–Crippen LogP) is 3.36. The highest BCUT2D eigenvalue weighted by Crippen LogP contribution is 2.35. The molecule has 94 valence electrons. The number of hydrogen-bond donors (Lipinski definition) is 0. The van der Waals surface area contributed by atoms with Crippen molar-refractivity contribution in [3.05, 3.63) is 60.2 Å². The number of fused-ring (bicyclic) bond motifs is 1. The van der Waals surface area contributed by atoms with Crippen molar-refractivity contribution in [2.24, 2.45) is 0 Å². The van der Waals surface area contributed by atoms with Crippen molar-refractivity contribution in [2.75, 3.05) is 0 Å². The fraction of sp³-hybridized carbons (Fsp3) is 0.250. The summed E-state index contributed by atoms with van der Waals surface area (Å²) in [4.78, 5) is 0. The van der Waals surface area contributed by atoms with Gasteiger partial charge >= 0.3 is 0 Å². The highest BCUT2D eigenvalue weighted by molar-refractivity contribution is 5.83. The molecule has 19 heavy (non-hydrogen) atoms. The minimum absolute atomic E-state index is 0.644. The highest BCUT2D eigenvalue weighted by atomic mass is 15.3. The maximum atomic E-state index is 4.27. The Morgan fingerprint density at radius 2 is 1.89 bits per heavy atom. The number of benzene rings is 2. The van der Waals surface area contributed by atoms with E-state index in [9.17, 15) is 0 Å². The lowest BCUT2D eigenvalue weighted by Gasteiger charge is -2.06. The third-order valence-corrected chi connectivity index (χ3v) is 3.76. The molecule has 3 heteroatoms. The lowest BCUT2D eigenvalue weighted by atomic mass is 10.0. The molecule has 0 spiro atoms. The van der Waals surface area contributed by atoms with Crippen LogP contribution in [-0.2, 0) is 6.42 Å². The average Bonchev–Trinajstić information content (AvgIpc) is 3.19. The molecule has 0 bridgehead atoms. The van der Waals surface area contributed by atoms with Gasteiger partial charge in [0.1, 0.15) is 12.2 Å². The number of rotatable bonds is 3. The zero-order valence-electron chi connectivity index (χ0n) is 10.7. The summed E-state index contributed by atoms with van der Waals surface area (Å²) in [5, 5.41) is 10.9. The highest BCUT2D eigenvalue weighted by Gasteiger charge is 2.25. The molecule has 1 aliphatic rings. The second-order valence-electron chi connectivity index (χ2n) is 5.24. The quantitative estimate of drug-likeness (QED) is 0.712. The van der Waals surface area contributed by atoms with E-state index in [1.807, 2.05) is 6.33 Å². The molecule has 0 unspecified atom stereocenters. The first kappa shape index (κ1) is 10.7. The molecule has 0 aliphatic heterocycles. The van der Waals surface area contributed by atoms with Gasteiger partial charge in [-0.3, -0.25) is 0 Å². The standard InChI is InChI=1S/C16H15N3/c1-2-4-14-9-12(5-6-13(14)3-1)10-16-18-17-11-19(16)15-7-8-15/h1-6,9,11,15H,7-8,10H2. The summed E-state index contributed by atoms with van der Waals surface area (Å²) in [6.45, 7) is 0. The predicted molar refractivity (Wildman–Crippen MR) is 75.0 cm³/mol. The molecule has 3 aromatic rings. The van der Waals surface area contributed by atoms with Crippen molar-refractivity contribution in [1.29, 1.82) is 0 Å². The molecule has 3 nitrogen and oxygen atoms in total. The van der Waals surface area contributed by atoms with Crippen LogP contribution in [0.4, 0.5) is 0 Å². The van der Waals surface area contributed by atoms with E-state index in [1.165, 1.54) is 29.2 Å². The Balaban J connectivity index is 1.68. The summed E-state index contributed by atoms with van der Waals surface area (Å²) < 4.78 is 2.23. The van der Waals surface area contributed by atoms with Crippen molar-refractivity contribution < 1.29 is 0 Å². The van der Waals surface area contributed by atoms with Crippen molar-refractivity contribution >= 4 is 10.8 Å². The molecule has 1 aromatic heterocycles. The van der Waals surface area contributed by atoms with Crippen LogP contribution in [0.2, 0.25) is 0 Å². The fourth-order valence-electron chi connectivity index (χ4n) is 2.58. The fourth-order valence-corrected chi connectivity index (χ4v) is 2.58. The summed E-state index contributed by atoms with van der Waals surface area (Å²) in [6.07, 6.45) is 5.26. The van der Waals surface area contributed by atoms with Crippen LogP contribution in [0.15, 0.2) is 48.8 Å². The third-order valence-electron chi connectivity index (χ3n) is 3.76. The van der Waals surface area contributed by atoms with E-state index in [0.717, 1.165) is 12.2 Å².